The van der Waals surface area contributed by atoms with Crippen LogP contribution in [0, 0.1) is 0 Å². The second-order valence-electron chi connectivity index (χ2n) is 10.2. The van der Waals surface area contributed by atoms with Crippen LogP contribution in [0.1, 0.15) is 18.4 Å². The van der Waals surface area contributed by atoms with E-state index >= 15 is 0 Å². The van der Waals surface area contributed by atoms with Crippen LogP contribution in [-0.4, -0.2) is 50.3 Å². The number of furan rings is 1. The van der Waals surface area contributed by atoms with Gasteiger partial charge in [-0.2, -0.15) is 0 Å². The van der Waals surface area contributed by atoms with Crippen molar-refractivity contribution in [2.75, 3.05) is 45.7 Å². The molecule has 0 saturated carbocycles. The number of ether oxygens (including phenoxy) is 2. The molecule has 0 aliphatic heterocycles. The Morgan fingerprint density at radius 3 is 2.32 bits per heavy atom. The Bertz CT molecular complexity index is 1820. The largest absolute Gasteiger partial charge is 0.490 e. The SMILES string of the molecule is COc1c2occc2c(COCCCN(C)CCCNc2c3ccccc3nc3ccccc23)c2ccc(=O)oc12. The van der Waals surface area contributed by atoms with Crippen molar-refractivity contribution in [2.45, 2.75) is 19.4 Å². The summed E-state index contributed by atoms with van der Waals surface area (Å²) in [6, 6.07) is 21.6. The van der Waals surface area contributed by atoms with Crippen LogP contribution in [0.15, 0.2) is 86.6 Å². The maximum absolute atomic E-state index is 11.9. The van der Waals surface area contributed by atoms with E-state index in [0.29, 0.717) is 30.1 Å². The average molecular weight is 552 g/mol. The number of pyridine rings is 1. The van der Waals surface area contributed by atoms with E-state index in [-0.39, 0.29) is 0 Å². The number of methoxy groups -OCH3 is 1. The summed E-state index contributed by atoms with van der Waals surface area (Å²) < 4.78 is 22.7. The number of para-hydroxylation sites is 2. The van der Waals surface area contributed by atoms with Crippen molar-refractivity contribution in [3.05, 3.63) is 89.0 Å². The lowest BCUT2D eigenvalue weighted by molar-refractivity contribution is 0.112. The van der Waals surface area contributed by atoms with Gasteiger partial charge in [0.2, 0.25) is 5.75 Å². The Balaban J connectivity index is 1.01. The lowest BCUT2D eigenvalue weighted by atomic mass is 10.0. The molecule has 8 heteroatoms. The van der Waals surface area contributed by atoms with Crippen molar-refractivity contribution in [2.24, 2.45) is 0 Å². The van der Waals surface area contributed by atoms with Gasteiger partial charge in [0.25, 0.3) is 0 Å². The maximum atomic E-state index is 11.9. The molecule has 0 aliphatic rings. The zero-order chi connectivity index (χ0) is 28.2. The van der Waals surface area contributed by atoms with Crippen LogP contribution in [0.4, 0.5) is 5.69 Å². The molecule has 0 saturated heterocycles. The molecule has 0 radical (unpaired) electrons. The standard InChI is InChI=1S/C33H33N3O5/c1-36(17-7-16-34-30-24-9-3-5-11-27(24)35-28-12-6-4-10-25(28)30)18-8-19-39-21-26-22-13-14-29(37)41-32(22)33(38-2)31-23(26)15-20-40-31/h3-6,9-15,20H,7-8,16-19,21H2,1-2H3,(H,34,35). The van der Waals surface area contributed by atoms with E-state index in [9.17, 15) is 4.79 Å². The molecule has 3 heterocycles. The molecule has 3 aromatic heterocycles. The van der Waals surface area contributed by atoms with E-state index in [1.54, 1.807) is 12.3 Å². The summed E-state index contributed by atoms with van der Waals surface area (Å²) in [7, 11) is 3.68. The third-order valence-corrected chi connectivity index (χ3v) is 7.45. The summed E-state index contributed by atoms with van der Waals surface area (Å²) in [5, 5.41) is 7.66. The molecule has 0 bridgehead atoms. The maximum Gasteiger partial charge on any atom is 0.336 e. The van der Waals surface area contributed by atoms with Gasteiger partial charge in [0, 0.05) is 52.9 Å². The van der Waals surface area contributed by atoms with Crippen molar-refractivity contribution >= 4 is 49.4 Å². The highest BCUT2D eigenvalue weighted by molar-refractivity contribution is 6.07. The van der Waals surface area contributed by atoms with Gasteiger partial charge in [0.1, 0.15) is 0 Å². The highest BCUT2D eigenvalue weighted by atomic mass is 16.5. The number of hydrogen-bond acceptors (Lipinski definition) is 8. The van der Waals surface area contributed by atoms with Gasteiger partial charge in [-0.3, -0.25) is 0 Å². The number of benzene rings is 3. The summed E-state index contributed by atoms with van der Waals surface area (Å²) in [4.78, 5) is 19.0. The van der Waals surface area contributed by atoms with E-state index in [2.05, 4.69) is 53.7 Å². The van der Waals surface area contributed by atoms with E-state index in [1.165, 1.54) is 13.2 Å². The van der Waals surface area contributed by atoms with Gasteiger partial charge in [-0.15, -0.1) is 0 Å². The predicted molar refractivity (Wildman–Crippen MR) is 163 cm³/mol. The van der Waals surface area contributed by atoms with Crippen LogP contribution in [0.3, 0.4) is 0 Å². The molecule has 0 atom stereocenters. The van der Waals surface area contributed by atoms with Crippen LogP contribution < -0.4 is 15.7 Å². The number of nitrogens with zero attached hydrogens (tertiary/aromatic N) is 2. The monoisotopic (exact) mass is 551 g/mol. The Morgan fingerprint density at radius 2 is 1.56 bits per heavy atom. The molecule has 6 aromatic rings. The van der Waals surface area contributed by atoms with Gasteiger partial charge in [0.15, 0.2) is 11.2 Å². The number of nitrogens with one attached hydrogen (secondary N) is 1. The summed E-state index contributed by atoms with van der Waals surface area (Å²) in [6.07, 6.45) is 3.53. The molecule has 8 nitrogen and oxygen atoms in total. The molecule has 3 aromatic carbocycles. The zero-order valence-electron chi connectivity index (χ0n) is 23.3. The number of hydrogen-bond donors (Lipinski definition) is 1. The lowest BCUT2D eigenvalue weighted by Gasteiger charge is -2.18. The first-order valence-corrected chi connectivity index (χ1v) is 13.9. The highest BCUT2D eigenvalue weighted by Crippen LogP contribution is 2.38. The minimum absolute atomic E-state index is 0.377. The van der Waals surface area contributed by atoms with Crippen LogP contribution >= 0.6 is 0 Å². The molecule has 1 N–H and O–H groups in total. The van der Waals surface area contributed by atoms with E-state index in [4.69, 9.17) is 23.3 Å². The number of aromatic nitrogens is 1. The van der Waals surface area contributed by atoms with Crippen molar-refractivity contribution < 1.29 is 18.3 Å². The summed E-state index contributed by atoms with van der Waals surface area (Å²) in [5.74, 6) is 0.419. The molecule has 0 aliphatic carbocycles. The molecule has 0 fully saturated rings. The van der Waals surface area contributed by atoms with E-state index < -0.39 is 5.63 Å². The Labute approximate surface area is 237 Å². The van der Waals surface area contributed by atoms with Crippen LogP contribution in [-0.2, 0) is 11.3 Å². The summed E-state index contributed by atoms with van der Waals surface area (Å²) in [5.41, 5.74) is 4.58. The fourth-order valence-corrected chi connectivity index (χ4v) is 5.45. The molecular weight excluding hydrogens is 518 g/mol. The molecular formula is C33H33N3O5. The van der Waals surface area contributed by atoms with Crippen LogP contribution in [0.5, 0.6) is 5.75 Å². The zero-order valence-corrected chi connectivity index (χ0v) is 23.3. The minimum atomic E-state index is -0.436. The molecule has 0 unspecified atom stereocenters. The van der Waals surface area contributed by atoms with Crippen molar-refractivity contribution in [1.29, 1.82) is 0 Å². The number of anilines is 1. The number of rotatable bonds is 12. The van der Waals surface area contributed by atoms with Crippen molar-refractivity contribution in [1.82, 2.24) is 9.88 Å². The molecule has 0 spiro atoms. The fourth-order valence-electron chi connectivity index (χ4n) is 5.45. The number of fused-ring (bicyclic) bond motifs is 4. The van der Waals surface area contributed by atoms with Gasteiger partial charge in [-0.05, 0) is 50.7 Å². The van der Waals surface area contributed by atoms with Gasteiger partial charge in [0.05, 0.1) is 36.7 Å². The summed E-state index contributed by atoms with van der Waals surface area (Å²) >= 11 is 0. The average Bonchev–Trinajstić information content (AvgIpc) is 3.47. The van der Waals surface area contributed by atoms with Crippen LogP contribution in [0.2, 0.25) is 0 Å². The Hall–Kier alpha value is -4.40. The van der Waals surface area contributed by atoms with E-state index in [0.717, 1.165) is 76.3 Å². The first-order chi connectivity index (χ1) is 20.1. The van der Waals surface area contributed by atoms with Crippen molar-refractivity contribution in [3.8, 4) is 5.75 Å². The quantitative estimate of drug-likeness (QED) is 0.104. The first kappa shape index (κ1) is 26.8. The van der Waals surface area contributed by atoms with Gasteiger partial charge in [-0.25, -0.2) is 9.78 Å². The Kier molecular flexibility index (Phi) is 7.84. The van der Waals surface area contributed by atoms with Gasteiger partial charge < -0.3 is 28.5 Å². The first-order valence-electron chi connectivity index (χ1n) is 13.9. The third kappa shape index (κ3) is 5.49. The second kappa shape index (κ2) is 12.0. The second-order valence-corrected chi connectivity index (χ2v) is 10.2. The van der Waals surface area contributed by atoms with Gasteiger partial charge >= 0.3 is 5.63 Å². The fraction of sp³-hybridized carbons (Fsp3) is 0.273. The topological polar surface area (TPSA) is 90.0 Å². The van der Waals surface area contributed by atoms with Crippen LogP contribution in [0.25, 0.3) is 43.7 Å². The molecule has 0 amide bonds. The minimum Gasteiger partial charge on any atom is -0.490 e. The smallest absolute Gasteiger partial charge is 0.336 e. The predicted octanol–water partition coefficient (Wildman–Crippen LogP) is 6.59. The van der Waals surface area contributed by atoms with Crippen molar-refractivity contribution in [3.63, 3.8) is 0 Å². The summed E-state index contributed by atoms with van der Waals surface area (Å²) in [6.45, 7) is 3.78. The third-order valence-electron chi connectivity index (χ3n) is 7.45. The van der Waals surface area contributed by atoms with Gasteiger partial charge in [-0.1, -0.05) is 36.4 Å². The molecule has 6 rings (SSSR count). The molecule has 41 heavy (non-hydrogen) atoms. The lowest BCUT2D eigenvalue weighted by Crippen LogP contribution is -2.23. The molecule has 210 valence electrons. The highest BCUT2D eigenvalue weighted by Gasteiger charge is 2.19. The normalized spacial score (nSPS) is 11.8. The Morgan fingerprint density at radius 1 is 0.854 bits per heavy atom. The van der Waals surface area contributed by atoms with E-state index in [1.807, 2.05) is 18.2 Å².